The van der Waals surface area contributed by atoms with Gasteiger partial charge >= 0.3 is 0 Å². The lowest BCUT2D eigenvalue weighted by atomic mass is 10.1. The lowest BCUT2D eigenvalue weighted by Crippen LogP contribution is -2.35. The van der Waals surface area contributed by atoms with E-state index in [0.717, 1.165) is 6.42 Å². The number of sulfonamides is 1. The van der Waals surface area contributed by atoms with Gasteiger partial charge in [0.25, 0.3) is 5.91 Å². The summed E-state index contributed by atoms with van der Waals surface area (Å²) in [5.41, 5.74) is 0.728. The summed E-state index contributed by atoms with van der Waals surface area (Å²) in [7, 11) is -3.87. The number of amides is 1. The van der Waals surface area contributed by atoms with Crippen LogP contribution in [0.2, 0.25) is 0 Å². The molecule has 1 saturated heterocycles. The fourth-order valence-electron chi connectivity index (χ4n) is 2.00. The van der Waals surface area contributed by atoms with Crippen LogP contribution in [0.4, 0.5) is 0 Å². The van der Waals surface area contributed by atoms with Crippen LogP contribution in [0, 0.1) is 6.92 Å². The van der Waals surface area contributed by atoms with Gasteiger partial charge in [-0.1, -0.05) is 15.9 Å². The van der Waals surface area contributed by atoms with E-state index in [9.17, 15) is 13.2 Å². The van der Waals surface area contributed by atoms with Crippen molar-refractivity contribution in [2.45, 2.75) is 24.3 Å². The Kier molecular flexibility index (Phi) is 4.48. The number of hydrogen-bond acceptors (Lipinski definition) is 4. The normalized spacial score (nSPS) is 19.1. The Morgan fingerprint density at radius 1 is 1.50 bits per heavy atom. The fourth-order valence-corrected chi connectivity index (χ4v) is 3.42. The van der Waals surface area contributed by atoms with Crippen LogP contribution in [0.1, 0.15) is 22.3 Å². The third-order valence-electron chi connectivity index (χ3n) is 3.13. The molecule has 1 heterocycles. The topological polar surface area (TPSA) is 98.5 Å². The van der Waals surface area contributed by atoms with Crippen LogP contribution in [-0.2, 0) is 14.8 Å². The van der Waals surface area contributed by atoms with Gasteiger partial charge in [0.1, 0.15) is 0 Å². The highest BCUT2D eigenvalue weighted by molar-refractivity contribution is 9.10. The van der Waals surface area contributed by atoms with Crippen molar-refractivity contribution >= 4 is 31.9 Å². The molecule has 2 rings (SSSR count). The van der Waals surface area contributed by atoms with Gasteiger partial charge in [-0.3, -0.25) is 4.79 Å². The van der Waals surface area contributed by atoms with Gasteiger partial charge in [-0.25, -0.2) is 13.6 Å². The number of nitrogens with two attached hydrogens (primary N) is 1. The summed E-state index contributed by atoms with van der Waals surface area (Å²) in [4.78, 5) is 12.1. The van der Waals surface area contributed by atoms with E-state index in [4.69, 9.17) is 9.88 Å². The maximum absolute atomic E-state index is 12.1. The quantitative estimate of drug-likeness (QED) is 0.835. The number of carbonyl (C=O) groups excluding carboxylic acids is 1. The Morgan fingerprint density at radius 3 is 2.75 bits per heavy atom. The molecule has 1 aromatic carbocycles. The van der Waals surface area contributed by atoms with E-state index in [2.05, 4.69) is 21.2 Å². The van der Waals surface area contributed by atoms with E-state index >= 15 is 0 Å². The van der Waals surface area contributed by atoms with Crippen LogP contribution in [0.15, 0.2) is 21.5 Å². The van der Waals surface area contributed by atoms with Crippen LogP contribution in [0.5, 0.6) is 0 Å². The van der Waals surface area contributed by atoms with Crippen molar-refractivity contribution in [2.24, 2.45) is 5.14 Å². The second-order valence-corrected chi connectivity index (χ2v) is 7.04. The number of primary sulfonamides is 1. The van der Waals surface area contributed by atoms with E-state index in [1.54, 1.807) is 13.0 Å². The molecule has 1 aliphatic heterocycles. The van der Waals surface area contributed by atoms with E-state index in [1.165, 1.54) is 6.07 Å². The molecule has 110 valence electrons. The summed E-state index contributed by atoms with van der Waals surface area (Å²) < 4.78 is 28.8. The van der Waals surface area contributed by atoms with Gasteiger partial charge in [0.2, 0.25) is 10.0 Å². The predicted molar refractivity (Wildman–Crippen MR) is 76.9 cm³/mol. The number of carbonyl (C=O) groups is 1. The van der Waals surface area contributed by atoms with Crippen LogP contribution in [-0.4, -0.2) is 33.6 Å². The molecule has 1 atom stereocenters. The Hall–Kier alpha value is -0.960. The van der Waals surface area contributed by atoms with Crippen molar-refractivity contribution in [2.75, 3.05) is 13.2 Å². The summed E-state index contributed by atoms with van der Waals surface area (Å²) >= 11 is 3.25. The Bertz CT molecular complexity index is 639. The summed E-state index contributed by atoms with van der Waals surface area (Å²) in [5.74, 6) is -0.342. The standard InChI is InChI=1S/C12H15BrN2O4S/c1-7-10(13)4-8(5-11(7)20(14,17)18)12(16)15-9-2-3-19-6-9/h4-5,9H,2-3,6H2,1H3,(H,15,16)(H2,14,17,18). The number of nitrogens with one attached hydrogen (secondary N) is 1. The van der Waals surface area contributed by atoms with Gasteiger partial charge in [0.05, 0.1) is 17.5 Å². The van der Waals surface area contributed by atoms with E-state index < -0.39 is 10.0 Å². The van der Waals surface area contributed by atoms with Gasteiger partial charge in [0, 0.05) is 16.6 Å². The maximum atomic E-state index is 12.1. The minimum Gasteiger partial charge on any atom is -0.379 e. The van der Waals surface area contributed by atoms with Gasteiger partial charge in [0.15, 0.2) is 0 Å². The Labute approximate surface area is 125 Å². The highest BCUT2D eigenvalue weighted by Crippen LogP contribution is 2.25. The molecule has 1 fully saturated rings. The molecule has 6 nitrogen and oxygen atoms in total. The number of benzene rings is 1. The first-order chi connectivity index (χ1) is 9.29. The summed E-state index contributed by atoms with van der Waals surface area (Å²) in [6.45, 7) is 2.71. The zero-order valence-electron chi connectivity index (χ0n) is 10.8. The molecule has 0 saturated carbocycles. The highest BCUT2D eigenvalue weighted by atomic mass is 79.9. The van der Waals surface area contributed by atoms with E-state index in [1.807, 2.05) is 0 Å². The number of rotatable bonds is 3. The fraction of sp³-hybridized carbons (Fsp3) is 0.417. The minimum atomic E-state index is -3.87. The molecule has 3 N–H and O–H groups in total. The third kappa shape index (κ3) is 3.38. The molecule has 1 aliphatic rings. The lowest BCUT2D eigenvalue weighted by Gasteiger charge is -2.13. The summed E-state index contributed by atoms with van der Waals surface area (Å²) in [6, 6.07) is 2.83. The molecular weight excluding hydrogens is 348 g/mol. The molecule has 20 heavy (non-hydrogen) atoms. The minimum absolute atomic E-state index is 0.0412. The first-order valence-corrected chi connectivity index (χ1v) is 8.34. The summed E-state index contributed by atoms with van der Waals surface area (Å²) in [6.07, 6.45) is 0.751. The number of ether oxygens (including phenoxy) is 1. The first kappa shape index (κ1) is 15.4. The molecular formula is C12H15BrN2O4S. The predicted octanol–water partition coefficient (Wildman–Crippen LogP) is 0.924. The van der Waals surface area contributed by atoms with Crippen LogP contribution >= 0.6 is 15.9 Å². The zero-order chi connectivity index (χ0) is 14.9. The molecule has 0 spiro atoms. The molecule has 1 unspecified atom stereocenters. The number of halogens is 1. The number of hydrogen-bond donors (Lipinski definition) is 2. The second-order valence-electron chi connectivity index (χ2n) is 4.66. The molecule has 0 aromatic heterocycles. The van der Waals surface area contributed by atoms with Crippen molar-refractivity contribution in [1.82, 2.24) is 5.32 Å². The second kappa shape index (κ2) is 5.80. The van der Waals surface area contributed by atoms with Crippen LogP contribution in [0.3, 0.4) is 0 Å². The van der Waals surface area contributed by atoms with E-state index in [0.29, 0.717) is 23.2 Å². The third-order valence-corrected chi connectivity index (χ3v) is 4.99. The SMILES string of the molecule is Cc1c(Br)cc(C(=O)NC2CCOC2)cc1S(N)(=O)=O. The maximum Gasteiger partial charge on any atom is 0.251 e. The van der Waals surface area contributed by atoms with Gasteiger partial charge in [-0.2, -0.15) is 0 Å². The van der Waals surface area contributed by atoms with Crippen LogP contribution < -0.4 is 10.5 Å². The zero-order valence-corrected chi connectivity index (χ0v) is 13.3. The van der Waals surface area contributed by atoms with Gasteiger partial charge in [-0.05, 0) is 31.0 Å². The van der Waals surface area contributed by atoms with Crippen molar-refractivity contribution in [1.29, 1.82) is 0 Å². The molecule has 8 heteroatoms. The molecule has 1 amide bonds. The smallest absolute Gasteiger partial charge is 0.251 e. The average Bonchev–Trinajstić information content (AvgIpc) is 2.83. The summed E-state index contributed by atoms with van der Waals surface area (Å²) in [5, 5.41) is 7.96. The lowest BCUT2D eigenvalue weighted by molar-refractivity contribution is 0.0929. The highest BCUT2D eigenvalue weighted by Gasteiger charge is 2.21. The van der Waals surface area contributed by atoms with Gasteiger partial charge in [-0.15, -0.1) is 0 Å². The van der Waals surface area contributed by atoms with Crippen molar-refractivity contribution in [3.05, 3.63) is 27.7 Å². The Balaban J connectivity index is 2.32. The van der Waals surface area contributed by atoms with Crippen molar-refractivity contribution in [3.8, 4) is 0 Å². The largest absolute Gasteiger partial charge is 0.379 e. The molecule has 0 aliphatic carbocycles. The first-order valence-electron chi connectivity index (χ1n) is 6.00. The van der Waals surface area contributed by atoms with Gasteiger partial charge < -0.3 is 10.1 Å². The van der Waals surface area contributed by atoms with Crippen LogP contribution in [0.25, 0.3) is 0 Å². The molecule has 0 bridgehead atoms. The van der Waals surface area contributed by atoms with Crippen molar-refractivity contribution in [3.63, 3.8) is 0 Å². The molecule has 0 radical (unpaired) electrons. The monoisotopic (exact) mass is 362 g/mol. The average molecular weight is 363 g/mol. The van der Waals surface area contributed by atoms with E-state index in [-0.39, 0.29) is 22.4 Å². The Morgan fingerprint density at radius 2 is 2.20 bits per heavy atom. The molecule has 1 aromatic rings. The van der Waals surface area contributed by atoms with Crippen molar-refractivity contribution < 1.29 is 17.9 Å².